The lowest BCUT2D eigenvalue weighted by atomic mass is 10.1. The van der Waals surface area contributed by atoms with E-state index in [1.807, 2.05) is 14.1 Å². The Morgan fingerprint density at radius 2 is 2.06 bits per heavy atom. The summed E-state index contributed by atoms with van der Waals surface area (Å²) in [7, 11) is 4.02. The van der Waals surface area contributed by atoms with Crippen molar-refractivity contribution in [2.24, 2.45) is 5.73 Å². The van der Waals surface area contributed by atoms with Crippen LogP contribution in [0, 0.1) is 5.41 Å². The summed E-state index contributed by atoms with van der Waals surface area (Å²) in [4.78, 5) is 2.10. The van der Waals surface area contributed by atoms with Crippen LogP contribution in [0.3, 0.4) is 0 Å². The minimum atomic E-state index is -0.0638. The number of likely N-dealkylation sites (N-methyl/N-ethyl adjacent to an activating group) is 1. The molecule has 1 aromatic carbocycles. The summed E-state index contributed by atoms with van der Waals surface area (Å²) < 4.78 is 5.71. The molecule has 18 heavy (non-hydrogen) atoms. The topological polar surface area (TPSA) is 62.3 Å². The van der Waals surface area contributed by atoms with E-state index in [4.69, 9.17) is 27.5 Å². The molecule has 0 bridgehead atoms. The summed E-state index contributed by atoms with van der Waals surface area (Å²) in [6, 6.07) is 5.15. The number of ether oxygens (including phenoxy) is 1. The fraction of sp³-hybridized carbons (Fsp3) is 0.462. The predicted octanol–water partition coefficient (Wildman–Crippen LogP) is 2.34. The molecule has 100 valence electrons. The first-order chi connectivity index (χ1) is 8.24. The van der Waals surface area contributed by atoms with Crippen molar-refractivity contribution in [3.05, 3.63) is 28.8 Å². The molecule has 0 unspecified atom stereocenters. The van der Waals surface area contributed by atoms with Crippen molar-refractivity contribution in [1.82, 2.24) is 4.90 Å². The van der Waals surface area contributed by atoms with Crippen molar-refractivity contribution in [2.75, 3.05) is 20.7 Å². The van der Waals surface area contributed by atoms with Gasteiger partial charge in [0.15, 0.2) is 0 Å². The molecule has 3 N–H and O–H groups in total. The number of benzene rings is 1. The molecule has 0 fully saturated rings. The highest BCUT2D eigenvalue weighted by atomic mass is 35.5. The molecule has 0 radical (unpaired) electrons. The number of rotatable bonds is 5. The van der Waals surface area contributed by atoms with Gasteiger partial charge in [0.05, 0.1) is 5.02 Å². The highest BCUT2D eigenvalue weighted by Gasteiger charge is 2.21. The molecule has 1 rings (SSSR count). The Bertz CT molecular complexity index is 444. The van der Waals surface area contributed by atoms with Crippen LogP contribution in [0.4, 0.5) is 0 Å². The SMILES string of the molecule is CN(C)C(C)(C)COc1ccc(C(=N)N)c(Cl)c1. The Morgan fingerprint density at radius 3 is 2.50 bits per heavy atom. The normalized spacial score (nSPS) is 11.7. The maximum absolute atomic E-state index is 7.35. The van der Waals surface area contributed by atoms with Gasteiger partial charge in [0.2, 0.25) is 0 Å². The van der Waals surface area contributed by atoms with Gasteiger partial charge in [-0.1, -0.05) is 11.6 Å². The molecule has 0 aromatic heterocycles. The second-order valence-electron chi connectivity index (χ2n) is 5.05. The molecule has 0 aliphatic rings. The number of nitrogens with two attached hydrogens (primary N) is 1. The van der Waals surface area contributed by atoms with Crippen molar-refractivity contribution in [2.45, 2.75) is 19.4 Å². The molecule has 0 amide bonds. The van der Waals surface area contributed by atoms with Gasteiger partial charge in [-0.25, -0.2) is 0 Å². The van der Waals surface area contributed by atoms with Gasteiger partial charge in [0.25, 0.3) is 0 Å². The highest BCUT2D eigenvalue weighted by Crippen LogP contribution is 2.23. The van der Waals surface area contributed by atoms with Crippen LogP contribution in [0.2, 0.25) is 5.02 Å². The van der Waals surface area contributed by atoms with Crippen molar-refractivity contribution in [1.29, 1.82) is 5.41 Å². The maximum atomic E-state index is 7.35. The number of hydrogen-bond donors (Lipinski definition) is 2. The molecule has 0 saturated heterocycles. The second kappa shape index (κ2) is 5.59. The van der Waals surface area contributed by atoms with E-state index in [2.05, 4.69) is 18.7 Å². The third-order valence-electron chi connectivity index (χ3n) is 3.03. The summed E-state index contributed by atoms with van der Waals surface area (Å²) in [6.45, 7) is 4.74. The summed E-state index contributed by atoms with van der Waals surface area (Å²) in [5.74, 6) is 0.639. The first-order valence-electron chi connectivity index (χ1n) is 5.68. The Balaban J connectivity index is 2.76. The number of amidine groups is 1. The molecule has 0 heterocycles. The fourth-order valence-corrected chi connectivity index (χ4v) is 1.47. The Morgan fingerprint density at radius 1 is 1.44 bits per heavy atom. The average Bonchev–Trinajstić information content (AvgIpc) is 2.25. The van der Waals surface area contributed by atoms with E-state index in [0.717, 1.165) is 0 Å². The van der Waals surface area contributed by atoms with Gasteiger partial charge >= 0.3 is 0 Å². The van der Waals surface area contributed by atoms with E-state index in [1.165, 1.54) is 0 Å². The lowest BCUT2D eigenvalue weighted by Gasteiger charge is -2.32. The number of nitrogens with zero attached hydrogens (tertiary/aromatic N) is 1. The molecule has 0 atom stereocenters. The number of nitrogens with one attached hydrogen (secondary N) is 1. The largest absolute Gasteiger partial charge is 0.492 e. The lowest BCUT2D eigenvalue weighted by molar-refractivity contribution is 0.114. The second-order valence-corrected chi connectivity index (χ2v) is 5.46. The standard InChI is InChI=1S/C13H20ClN3O/c1-13(2,17(3)4)8-18-9-5-6-10(12(15)16)11(14)7-9/h5-7H,8H2,1-4H3,(H3,15,16). The monoisotopic (exact) mass is 269 g/mol. The van der Waals surface area contributed by atoms with Gasteiger partial charge in [-0.2, -0.15) is 0 Å². The minimum Gasteiger partial charge on any atom is -0.492 e. The number of halogens is 1. The zero-order chi connectivity index (χ0) is 13.9. The smallest absolute Gasteiger partial charge is 0.124 e. The first-order valence-corrected chi connectivity index (χ1v) is 6.06. The van der Waals surface area contributed by atoms with Gasteiger partial charge in [-0.15, -0.1) is 0 Å². The minimum absolute atomic E-state index is 0.0415. The molecular formula is C13H20ClN3O. The molecule has 0 aliphatic heterocycles. The van der Waals surface area contributed by atoms with E-state index < -0.39 is 0 Å². The molecule has 5 heteroatoms. The van der Waals surface area contributed by atoms with Crippen molar-refractivity contribution >= 4 is 17.4 Å². The summed E-state index contributed by atoms with van der Waals surface area (Å²) in [5.41, 5.74) is 5.86. The molecule has 0 spiro atoms. The molecular weight excluding hydrogens is 250 g/mol. The van der Waals surface area contributed by atoms with Crippen LogP contribution in [-0.4, -0.2) is 37.0 Å². The summed E-state index contributed by atoms with van der Waals surface area (Å²) >= 11 is 6.03. The predicted molar refractivity (Wildman–Crippen MR) is 75.7 cm³/mol. The van der Waals surface area contributed by atoms with E-state index >= 15 is 0 Å². The molecule has 1 aromatic rings. The fourth-order valence-electron chi connectivity index (χ4n) is 1.19. The van der Waals surface area contributed by atoms with Crippen LogP contribution in [0.25, 0.3) is 0 Å². The third-order valence-corrected chi connectivity index (χ3v) is 3.35. The van der Waals surface area contributed by atoms with Crippen LogP contribution in [0.1, 0.15) is 19.4 Å². The van der Waals surface area contributed by atoms with Crippen LogP contribution < -0.4 is 10.5 Å². The van der Waals surface area contributed by atoms with E-state index in [-0.39, 0.29) is 11.4 Å². The Labute approximate surface area is 113 Å². The first kappa shape index (κ1) is 14.8. The van der Waals surface area contributed by atoms with E-state index in [0.29, 0.717) is 22.9 Å². The van der Waals surface area contributed by atoms with Crippen molar-refractivity contribution in [3.63, 3.8) is 0 Å². The number of nitrogen functional groups attached to an aromatic ring is 1. The summed E-state index contributed by atoms with van der Waals surface area (Å²) in [6.07, 6.45) is 0. The van der Waals surface area contributed by atoms with Crippen LogP contribution in [0.5, 0.6) is 5.75 Å². The lowest BCUT2D eigenvalue weighted by Crippen LogP contribution is -2.43. The number of hydrogen-bond acceptors (Lipinski definition) is 3. The van der Waals surface area contributed by atoms with Gasteiger partial charge in [-0.05, 0) is 46.1 Å². The summed E-state index contributed by atoms with van der Waals surface area (Å²) in [5, 5.41) is 7.78. The molecule has 0 aliphatic carbocycles. The maximum Gasteiger partial charge on any atom is 0.124 e. The molecule has 4 nitrogen and oxygen atoms in total. The quantitative estimate of drug-likeness (QED) is 0.637. The zero-order valence-electron chi connectivity index (χ0n) is 11.2. The Hall–Kier alpha value is -1.26. The van der Waals surface area contributed by atoms with E-state index in [9.17, 15) is 0 Å². The van der Waals surface area contributed by atoms with E-state index in [1.54, 1.807) is 18.2 Å². The van der Waals surface area contributed by atoms with Gasteiger partial charge in [0.1, 0.15) is 18.2 Å². The van der Waals surface area contributed by atoms with Gasteiger partial charge in [0, 0.05) is 11.1 Å². The highest BCUT2D eigenvalue weighted by molar-refractivity contribution is 6.34. The zero-order valence-corrected chi connectivity index (χ0v) is 12.0. The average molecular weight is 270 g/mol. The molecule has 0 saturated carbocycles. The van der Waals surface area contributed by atoms with Crippen LogP contribution >= 0.6 is 11.6 Å². The Kier molecular flexibility index (Phi) is 4.59. The van der Waals surface area contributed by atoms with Gasteiger partial charge < -0.3 is 15.4 Å². The van der Waals surface area contributed by atoms with Crippen molar-refractivity contribution < 1.29 is 4.74 Å². The van der Waals surface area contributed by atoms with Crippen LogP contribution in [0.15, 0.2) is 18.2 Å². The third kappa shape index (κ3) is 3.62. The van der Waals surface area contributed by atoms with Crippen molar-refractivity contribution in [3.8, 4) is 5.75 Å². The van der Waals surface area contributed by atoms with Crippen LogP contribution in [-0.2, 0) is 0 Å². The van der Waals surface area contributed by atoms with Gasteiger partial charge in [-0.3, -0.25) is 5.41 Å².